The highest BCUT2D eigenvalue weighted by Gasteiger charge is 2.15. The maximum atomic E-state index is 12.6. The number of anilines is 2. The Hall–Kier alpha value is -4.05. The van der Waals surface area contributed by atoms with Gasteiger partial charge in [0, 0.05) is 23.1 Å². The highest BCUT2D eigenvalue weighted by Crippen LogP contribution is 2.30. The van der Waals surface area contributed by atoms with Crippen molar-refractivity contribution in [1.29, 1.82) is 0 Å². The van der Waals surface area contributed by atoms with Crippen LogP contribution in [0.3, 0.4) is 0 Å². The van der Waals surface area contributed by atoms with E-state index in [9.17, 15) is 14.9 Å². The van der Waals surface area contributed by atoms with Crippen molar-refractivity contribution >= 4 is 34.3 Å². The molecule has 4 rings (SSSR count). The van der Waals surface area contributed by atoms with Gasteiger partial charge in [-0.2, -0.15) is 0 Å². The largest absolute Gasteiger partial charge is 0.397 e. The molecule has 0 atom stereocenters. The molecule has 0 unspecified atom stereocenters. The van der Waals surface area contributed by atoms with Crippen molar-refractivity contribution in [3.8, 4) is 10.4 Å². The number of hydrogen-bond acceptors (Lipinski definition) is 7. The third-order valence-corrected chi connectivity index (χ3v) is 5.60. The zero-order valence-electron chi connectivity index (χ0n) is 16.3. The van der Waals surface area contributed by atoms with E-state index in [-0.39, 0.29) is 11.4 Å². The van der Waals surface area contributed by atoms with Gasteiger partial charge in [-0.25, -0.2) is 0 Å². The average molecular weight is 434 g/mol. The topological polar surface area (TPSA) is 129 Å². The third-order valence-electron chi connectivity index (χ3n) is 4.68. The number of nitrogens with two attached hydrogens (primary N) is 1. The Labute approximate surface area is 181 Å². The Balaban J connectivity index is 1.44. The molecule has 4 aromatic rings. The van der Waals surface area contributed by atoms with Crippen LogP contribution in [0.4, 0.5) is 17.1 Å². The molecule has 0 saturated heterocycles. The fourth-order valence-corrected chi connectivity index (χ4v) is 3.82. The van der Waals surface area contributed by atoms with Gasteiger partial charge < -0.3 is 11.1 Å². The lowest BCUT2D eigenvalue weighted by atomic mass is 10.1. The number of thiophene rings is 1. The molecule has 0 spiro atoms. The van der Waals surface area contributed by atoms with Gasteiger partial charge in [-0.15, -0.1) is 16.4 Å². The summed E-state index contributed by atoms with van der Waals surface area (Å²) in [4.78, 5) is 24.4. The minimum Gasteiger partial charge on any atom is -0.397 e. The molecule has 2 heterocycles. The number of nitro benzene ring substituents is 1. The number of nitrogens with zero attached hydrogens (tertiary/aromatic N) is 4. The molecule has 0 bridgehead atoms. The van der Waals surface area contributed by atoms with Gasteiger partial charge in [0.25, 0.3) is 11.6 Å². The second-order valence-electron chi connectivity index (χ2n) is 6.74. The number of carbonyl (C=O) groups excluding carboxylic acids is 1. The lowest BCUT2D eigenvalue weighted by molar-refractivity contribution is -0.385. The second-order valence-corrected chi connectivity index (χ2v) is 7.68. The predicted octanol–water partition coefficient (Wildman–Crippen LogP) is 3.99. The monoisotopic (exact) mass is 434 g/mol. The van der Waals surface area contributed by atoms with Crippen LogP contribution in [-0.4, -0.2) is 25.8 Å². The third kappa shape index (κ3) is 4.59. The summed E-state index contributed by atoms with van der Waals surface area (Å²) < 4.78 is 1.48. The summed E-state index contributed by atoms with van der Waals surface area (Å²) in [5.41, 5.74) is 8.68. The van der Waals surface area contributed by atoms with E-state index in [1.165, 1.54) is 16.9 Å². The van der Waals surface area contributed by atoms with Gasteiger partial charge in [0.15, 0.2) is 5.69 Å². The maximum Gasteiger partial charge on any atom is 0.277 e. The molecule has 2 aromatic carbocycles. The number of rotatable bonds is 7. The summed E-state index contributed by atoms with van der Waals surface area (Å²) in [5.74, 6) is -0.438. The van der Waals surface area contributed by atoms with Gasteiger partial charge >= 0.3 is 0 Å². The van der Waals surface area contributed by atoms with Crippen molar-refractivity contribution in [1.82, 2.24) is 15.0 Å². The first-order valence-electron chi connectivity index (χ1n) is 9.38. The fraction of sp³-hybridized carbons (Fsp3) is 0.0952. The molecule has 2 aromatic heterocycles. The molecule has 0 aliphatic heterocycles. The van der Waals surface area contributed by atoms with Gasteiger partial charge in [0.2, 0.25) is 0 Å². The SMILES string of the molecule is Nc1ccc(-c2cccs2)cc1NC(=O)c1cn(CCc2ccccc2[N+](=O)[O-])nn1. The van der Waals surface area contributed by atoms with E-state index in [4.69, 9.17) is 5.73 Å². The molecule has 0 fully saturated rings. The number of nitrogen functional groups attached to an aromatic ring is 1. The maximum absolute atomic E-state index is 12.6. The summed E-state index contributed by atoms with van der Waals surface area (Å²) in [5, 5.41) is 23.8. The van der Waals surface area contributed by atoms with Crippen LogP contribution in [-0.2, 0) is 13.0 Å². The number of benzene rings is 2. The fourth-order valence-electron chi connectivity index (χ4n) is 3.09. The van der Waals surface area contributed by atoms with Crippen LogP contribution in [0.25, 0.3) is 10.4 Å². The molecule has 156 valence electrons. The second kappa shape index (κ2) is 8.76. The van der Waals surface area contributed by atoms with Gasteiger partial charge in [-0.3, -0.25) is 19.6 Å². The van der Waals surface area contributed by atoms with Crippen LogP contribution in [0.5, 0.6) is 0 Å². The number of para-hydroxylation sites is 1. The molecule has 1 amide bonds. The van der Waals surface area contributed by atoms with Crippen molar-refractivity contribution in [2.24, 2.45) is 0 Å². The smallest absolute Gasteiger partial charge is 0.277 e. The van der Waals surface area contributed by atoms with Crippen LogP contribution in [0.1, 0.15) is 16.1 Å². The number of carbonyl (C=O) groups is 1. The van der Waals surface area contributed by atoms with Gasteiger partial charge in [0.05, 0.1) is 22.5 Å². The highest BCUT2D eigenvalue weighted by atomic mass is 32.1. The number of nitro groups is 1. The highest BCUT2D eigenvalue weighted by molar-refractivity contribution is 7.13. The first kappa shape index (κ1) is 20.2. The predicted molar refractivity (Wildman–Crippen MR) is 119 cm³/mol. The Morgan fingerprint density at radius 3 is 2.81 bits per heavy atom. The minimum atomic E-state index is -0.438. The lowest BCUT2D eigenvalue weighted by Gasteiger charge is -2.08. The van der Waals surface area contributed by atoms with Crippen molar-refractivity contribution in [3.05, 3.63) is 87.5 Å². The van der Waals surface area contributed by atoms with E-state index >= 15 is 0 Å². The van der Waals surface area contributed by atoms with E-state index in [0.717, 1.165) is 10.4 Å². The summed E-state index contributed by atoms with van der Waals surface area (Å²) in [6.07, 6.45) is 1.89. The number of hydrogen-bond donors (Lipinski definition) is 2. The Morgan fingerprint density at radius 1 is 1.19 bits per heavy atom. The van der Waals surface area contributed by atoms with Crippen LogP contribution >= 0.6 is 11.3 Å². The average Bonchev–Trinajstić information content (AvgIpc) is 3.46. The summed E-state index contributed by atoms with van der Waals surface area (Å²) in [7, 11) is 0. The van der Waals surface area contributed by atoms with Crippen molar-refractivity contribution < 1.29 is 9.72 Å². The number of amides is 1. The quantitative estimate of drug-likeness (QED) is 0.257. The molecule has 0 aliphatic carbocycles. The van der Waals surface area contributed by atoms with Crippen molar-refractivity contribution in [2.75, 3.05) is 11.1 Å². The summed E-state index contributed by atoms with van der Waals surface area (Å²) >= 11 is 1.59. The molecule has 9 nitrogen and oxygen atoms in total. The van der Waals surface area contributed by atoms with Crippen LogP contribution < -0.4 is 11.1 Å². The minimum absolute atomic E-state index is 0.0571. The lowest BCUT2D eigenvalue weighted by Crippen LogP contribution is -2.13. The van der Waals surface area contributed by atoms with E-state index in [0.29, 0.717) is 29.9 Å². The summed E-state index contributed by atoms with van der Waals surface area (Å²) in [6, 6.07) is 15.9. The first-order valence-corrected chi connectivity index (χ1v) is 10.3. The molecule has 10 heteroatoms. The standard InChI is InChI=1S/C21H18N6O3S/c22-16-8-7-15(20-6-3-11-31-20)12-17(16)23-21(28)18-13-26(25-24-18)10-9-14-4-1-2-5-19(14)27(29)30/h1-8,11-13H,9-10,22H2,(H,23,28). The van der Waals surface area contributed by atoms with E-state index in [2.05, 4.69) is 15.6 Å². The van der Waals surface area contributed by atoms with E-state index in [1.54, 1.807) is 35.6 Å². The molecule has 0 saturated carbocycles. The zero-order valence-corrected chi connectivity index (χ0v) is 17.1. The number of aryl methyl sites for hydroxylation is 2. The Morgan fingerprint density at radius 2 is 2.03 bits per heavy atom. The normalized spacial score (nSPS) is 10.7. The molecule has 31 heavy (non-hydrogen) atoms. The van der Waals surface area contributed by atoms with Crippen LogP contribution in [0.2, 0.25) is 0 Å². The molecule has 0 aliphatic rings. The van der Waals surface area contributed by atoms with Gasteiger partial charge in [0.1, 0.15) is 0 Å². The molecular weight excluding hydrogens is 416 g/mol. The van der Waals surface area contributed by atoms with Crippen LogP contribution in [0.15, 0.2) is 66.2 Å². The van der Waals surface area contributed by atoms with Crippen LogP contribution in [0, 0.1) is 10.1 Å². The number of aromatic nitrogens is 3. The zero-order chi connectivity index (χ0) is 21.8. The van der Waals surface area contributed by atoms with E-state index in [1.807, 2.05) is 29.6 Å². The molecule has 0 radical (unpaired) electrons. The summed E-state index contributed by atoms with van der Waals surface area (Å²) in [6.45, 7) is 0.348. The number of nitrogens with one attached hydrogen (secondary N) is 1. The van der Waals surface area contributed by atoms with E-state index < -0.39 is 10.8 Å². The van der Waals surface area contributed by atoms with Gasteiger partial charge in [-0.1, -0.05) is 35.5 Å². The first-order chi connectivity index (χ1) is 15.0. The van der Waals surface area contributed by atoms with Crippen molar-refractivity contribution in [3.63, 3.8) is 0 Å². The molecule has 3 N–H and O–H groups in total. The molecular formula is C21H18N6O3S. The van der Waals surface area contributed by atoms with Crippen molar-refractivity contribution in [2.45, 2.75) is 13.0 Å². The Kier molecular flexibility index (Phi) is 5.72. The van der Waals surface area contributed by atoms with Gasteiger partial charge in [-0.05, 0) is 35.6 Å². The Bertz CT molecular complexity index is 1240.